The van der Waals surface area contributed by atoms with Gasteiger partial charge in [-0.1, -0.05) is 30.3 Å². The highest BCUT2D eigenvalue weighted by molar-refractivity contribution is 7.99. The van der Waals surface area contributed by atoms with Crippen molar-refractivity contribution in [3.8, 4) is 5.75 Å². The Hall–Kier alpha value is -3.46. The fraction of sp³-hybridized carbons (Fsp3) is 0.231. The number of fused-ring (bicyclic) bond motifs is 1. The van der Waals surface area contributed by atoms with Gasteiger partial charge < -0.3 is 9.47 Å². The van der Waals surface area contributed by atoms with Crippen molar-refractivity contribution in [2.24, 2.45) is 0 Å². The number of thioether (sulfide) groups is 1. The Morgan fingerprint density at radius 1 is 1.11 bits per heavy atom. The average Bonchev–Trinajstić information content (AvgIpc) is 3.31. The lowest BCUT2D eigenvalue weighted by atomic mass is 9.99. The van der Waals surface area contributed by atoms with Gasteiger partial charge in [-0.25, -0.2) is 4.79 Å². The molecule has 0 aliphatic carbocycles. The molecule has 1 unspecified atom stereocenters. The van der Waals surface area contributed by atoms with E-state index in [4.69, 9.17) is 9.47 Å². The van der Waals surface area contributed by atoms with Crippen LogP contribution in [-0.4, -0.2) is 29.4 Å². The number of halogens is 3. The van der Waals surface area contributed by atoms with E-state index in [1.54, 1.807) is 25.3 Å². The summed E-state index contributed by atoms with van der Waals surface area (Å²) in [5.41, 5.74) is 2.28. The van der Waals surface area contributed by atoms with Crippen LogP contribution in [0.5, 0.6) is 5.75 Å². The quantitative estimate of drug-likeness (QED) is 0.215. The van der Waals surface area contributed by atoms with Crippen molar-refractivity contribution in [2.45, 2.75) is 30.2 Å². The Bertz CT molecular complexity index is 1340. The molecule has 4 rings (SSSR count). The highest BCUT2D eigenvalue weighted by atomic mass is 32.2. The topological polar surface area (TPSA) is 64.2 Å². The lowest BCUT2D eigenvalue weighted by Gasteiger charge is -2.20. The molecular weight excluding hydrogens is 477 g/mol. The molecule has 0 aliphatic rings. The third-order valence-electron chi connectivity index (χ3n) is 5.37. The van der Waals surface area contributed by atoms with Gasteiger partial charge in [0.15, 0.2) is 6.61 Å². The molecule has 3 aromatic carbocycles. The van der Waals surface area contributed by atoms with Crippen molar-refractivity contribution >= 4 is 28.6 Å². The Morgan fingerprint density at radius 3 is 2.66 bits per heavy atom. The first-order chi connectivity index (χ1) is 16.8. The molecule has 1 atom stereocenters. The van der Waals surface area contributed by atoms with E-state index >= 15 is 0 Å². The number of aromatic nitrogens is 2. The number of esters is 1. The fourth-order valence-electron chi connectivity index (χ4n) is 3.74. The largest absolute Gasteiger partial charge is 0.482 e. The van der Waals surface area contributed by atoms with Gasteiger partial charge in [0.25, 0.3) is 0 Å². The normalized spacial score (nSPS) is 12.5. The summed E-state index contributed by atoms with van der Waals surface area (Å²) in [7, 11) is 0. The molecule has 4 aromatic rings. The number of carbonyl (C=O) groups excluding carboxylic acids is 1. The van der Waals surface area contributed by atoms with Gasteiger partial charge in [-0.3, -0.25) is 5.10 Å². The molecule has 1 aromatic heterocycles. The molecule has 0 fully saturated rings. The number of nitrogens with one attached hydrogen (secondary N) is 1. The maximum atomic E-state index is 13.5. The molecule has 9 heteroatoms. The zero-order chi connectivity index (χ0) is 25.0. The van der Waals surface area contributed by atoms with Crippen molar-refractivity contribution < 1.29 is 27.4 Å². The van der Waals surface area contributed by atoms with Gasteiger partial charge in [0.2, 0.25) is 0 Å². The van der Waals surface area contributed by atoms with Crippen molar-refractivity contribution in [2.75, 3.05) is 13.2 Å². The van der Waals surface area contributed by atoms with Crippen LogP contribution in [0.1, 0.15) is 34.4 Å². The number of hydrogen-bond acceptors (Lipinski definition) is 5. The van der Waals surface area contributed by atoms with Crippen molar-refractivity contribution in [1.82, 2.24) is 10.2 Å². The molecule has 1 heterocycles. The maximum absolute atomic E-state index is 13.5. The lowest BCUT2D eigenvalue weighted by Crippen LogP contribution is -2.14. The third kappa shape index (κ3) is 5.79. The highest BCUT2D eigenvalue weighted by Gasteiger charge is 2.31. The molecule has 35 heavy (non-hydrogen) atoms. The molecule has 5 nitrogen and oxygen atoms in total. The van der Waals surface area contributed by atoms with Crippen LogP contribution in [0.2, 0.25) is 0 Å². The molecule has 1 N–H and O–H groups in total. The van der Waals surface area contributed by atoms with E-state index in [2.05, 4.69) is 10.2 Å². The third-order valence-corrected chi connectivity index (χ3v) is 6.66. The Balaban J connectivity index is 1.69. The van der Waals surface area contributed by atoms with Crippen LogP contribution < -0.4 is 4.74 Å². The standard InChI is InChI=1S/C26H23F3N2O3S/c1-3-33-24(32)15-34-23-11-10-19(12-16(23)2)35-25(17-6-4-7-18(13-17)26(27,28)29)20-8-5-9-22-21(20)14-30-31-22/h4-14,25H,3,15H2,1-2H3,(H,30,31). The maximum Gasteiger partial charge on any atom is 0.416 e. The van der Waals surface area contributed by atoms with Crippen LogP contribution in [0.4, 0.5) is 13.2 Å². The number of hydrogen-bond donors (Lipinski definition) is 1. The van der Waals surface area contributed by atoms with Crippen LogP contribution in [0.15, 0.2) is 71.8 Å². The van der Waals surface area contributed by atoms with Crippen LogP contribution in [0, 0.1) is 6.92 Å². The second-order valence-electron chi connectivity index (χ2n) is 7.82. The first-order valence-electron chi connectivity index (χ1n) is 10.9. The number of H-pyrrole nitrogens is 1. The summed E-state index contributed by atoms with van der Waals surface area (Å²) in [6, 6.07) is 16.5. The van der Waals surface area contributed by atoms with E-state index in [1.807, 2.05) is 37.3 Å². The molecule has 0 amide bonds. The van der Waals surface area contributed by atoms with E-state index in [9.17, 15) is 18.0 Å². The number of ether oxygens (including phenoxy) is 2. The lowest BCUT2D eigenvalue weighted by molar-refractivity contribution is -0.145. The summed E-state index contributed by atoms with van der Waals surface area (Å²) in [5, 5.41) is 7.44. The molecule has 0 saturated carbocycles. The SMILES string of the molecule is CCOC(=O)COc1ccc(SC(c2cccc(C(F)(F)F)c2)c2cccc3[nH]ncc23)cc1C. The number of rotatable bonds is 8. The summed E-state index contributed by atoms with van der Waals surface area (Å²) in [6.07, 6.45) is -2.76. The zero-order valence-electron chi connectivity index (χ0n) is 19.1. The van der Waals surface area contributed by atoms with Gasteiger partial charge in [-0.2, -0.15) is 18.3 Å². The zero-order valence-corrected chi connectivity index (χ0v) is 19.9. The van der Waals surface area contributed by atoms with Crippen LogP contribution >= 0.6 is 11.8 Å². The number of alkyl halides is 3. The monoisotopic (exact) mass is 500 g/mol. The van der Waals surface area contributed by atoms with Gasteiger partial charge >= 0.3 is 12.1 Å². The van der Waals surface area contributed by atoms with Gasteiger partial charge in [-0.05, 0) is 60.9 Å². The van der Waals surface area contributed by atoms with Gasteiger partial charge in [-0.15, -0.1) is 11.8 Å². The van der Waals surface area contributed by atoms with E-state index in [0.29, 0.717) is 11.3 Å². The van der Waals surface area contributed by atoms with E-state index in [1.165, 1.54) is 23.9 Å². The van der Waals surface area contributed by atoms with Gasteiger partial charge in [0, 0.05) is 10.3 Å². The molecule has 0 radical (unpaired) electrons. The minimum absolute atomic E-state index is 0.198. The first-order valence-corrected chi connectivity index (χ1v) is 11.8. The Kier molecular flexibility index (Phi) is 7.35. The predicted octanol–water partition coefficient (Wildman–Crippen LogP) is 6.71. The summed E-state index contributed by atoms with van der Waals surface area (Å²) >= 11 is 1.43. The van der Waals surface area contributed by atoms with Gasteiger partial charge in [0.05, 0.1) is 29.1 Å². The number of nitrogens with zero attached hydrogens (tertiary/aromatic N) is 1. The molecule has 182 valence electrons. The number of carbonyl (C=O) groups is 1. The molecular formula is C26H23F3N2O3S. The number of aromatic amines is 1. The molecule has 0 saturated heterocycles. The predicted molar refractivity (Wildman–Crippen MR) is 129 cm³/mol. The Labute approximate surface area is 204 Å². The van der Waals surface area contributed by atoms with Crippen LogP contribution in [-0.2, 0) is 15.7 Å². The fourth-order valence-corrected chi connectivity index (χ4v) is 5.02. The Morgan fingerprint density at radius 2 is 1.91 bits per heavy atom. The number of benzene rings is 3. The second-order valence-corrected chi connectivity index (χ2v) is 9.00. The molecule has 0 aliphatic heterocycles. The van der Waals surface area contributed by atoms with Crippen molar-refractivity contribution in [1.29, 1.82) is 0 Å². The second kappa shape index (κ2) is 10.4. The van der Waals surface area contributed by atoms with Crippen molar-refractivity contribution in [3.05, 3.63) is 89.1 Å². The van der Waals surface area contributed by atoms with E-state index in [-0.39, 0.29) is 13.2 Å². The summed E-state index contributed by atoms with van der Waals surface area (Å²) in [4.78, 5) is 12.4. The summed E-state index contributed by atoms with van der Waals surface area (Å²) in [5.74, 6) is 0.0816. The minimum Gasteiger partial charge on any atom is -0.482 e. The average molecular weight is 501 g/mol. The van der Waals surface area contributed by atoms with E-state index in [0.717, 1.165) is 33.0 Å². The molecule has 0 bridgehead atoms. The van der Waals surface area contributed by atoms with Gasteiger partial charge in [0.1, 0.15) is 5.75 Å². The van der Waals surface area contributed by atoms with Crippen molar-refractivity contribution in [3.63, 3.8) is 0 Å². The summed E-state index contributed by atoms with van der Waals surface area (Å²) < 4.78 is 50.9. The highest BCUT2D eigenvalue weighted by Crippen LogP contribution is 2.44. The van der Waals surface area contributed by atoms with E-state index < -0.39 is 23.0 Å². The molecule has 0 spiro atoms. The van der Waals surface area contributed by atoms with Crippen LogP contribution in [0.3, 0.4) is 0 Å². The number of aryl methyl sites for hydroxylation is 1. The smallest absolute Gasteiger partial charge is 0.416 e. The minimum atomic E-state index is -4.44. The van der Waals surface area contributed by atoms with Crippen LogP contribution in [0.25, 0.3) is 10.9 Å². The first kappa shape index (κ1) is 24.7. The summed E-state index contributed by atoms with van der Waals surface area (Å²) in [6.45, 7) is 3.65.